The van der Waals surface area contributed by atoms with Crippen LogP contribution in [0.15, 0.2) is 43.4 Å². The van der Waals surface area contributed by atoms with Crippen molar-refractivity contribution in [1.82, 2.24) is 19.9 Å². The SMILES string of the molecule is N#Cc1ccc(C2c3c([nH]c(=O)[nH]c3=O)N(C(CCC(=O)O)C(=O)O)c3[nH]c(=O)[nH]c(=O)c32)cc1. The van der Waals surface area contributed by atoms with E-state index in [1.807, 2.05) is 16.0 Å². The van der Waals surface area contributed by atoms with Gasteiger partial charge in [0.2, 0.25) is 0 Å². The number of benzene rings is 1. The zero-order valence-corrected chi connectivity index (χ0v) is 17.6. The van der Waals surface area contributed by atoms with Gasteiger partial charge in [0.05, 0.1) is 28.7 Å². The number of carbonyl (C=O) groups is 2. The molecule has 178 valence electrons. The second-order valence-corrected chi connectivity index (χ2v) is 7.66. The summed E-state index contributed by atoms with van der Waals surface area (Å²) in [7, 11) is 0. The molecule has 3 heterocycles. The fourth-order valence-corrected chi connectivity index (χ4v) is 4.16. The number of H-pyrrole nitrogens is 4. The summed E-state index contributed by atoms with van der Waals surface area (Å²) in [6, 6.07) is 6.08. The summed E-state index contributed by atoms with van der Waals surface area (Å²) in [5, 5.41) is 28.1. The van der Waals surface area contributed by atoms with Crippen LogP contribution in [0.3, 0.4) is 0 Å². The zero-order valence-electron chi connectivity index (χ0n) is 17.6. The molecule has 0 aliphatic carbocycles. The van der Waals surface area contributed by atoms with Crippen LogP contribution < -0.4 is 27.4 Å². The normalized spacial score (nSPS) is 13.4. The Morgan fingerprint density at radius 1 is 0.914 bits per heavy atom. The van der Waals surface area contributed by atoms with Crippen LogP contribution in [0.2, 0.25) is 0 Å². The van der Waals surface area contributed by atoms with Gasteiger partial charge in [0.1, 0.15) is 17.7 Å². The maximum Gasteiger partial charge on any atom is 0.327 e. The standard InChI is InChI=1S/C21H16N6O8/c22-7-8-1-3-9(4-2-8)12-13-15(23-20(34)25-17(13)30)27(10(19(32)33)5-6-11(28)29)16-14(12)18(31)26-21(35)24-16/h1-4,10,12H,5-6H2,(H,28,29)(H,32,33)(H2,23,25,30,34)(H2,24,26,31,35). The summed E-state index contributed by atoms with van der Waals surface area (Å²) in [6.45, 7) is 0. The molecule has 1 atom stereocenters. The lowest BCUT2D eigenvalue weighted by atomic mass is 9.83. The van der Waals surface area contributed by atoms with Crippen LogP contribution in [-0.2, 0) is 9.59 Å². The van der Waals surface area contributed by atoms with Crippen LogP contribution in [0, 0.1) is 11.3 Å². The zero-order chi connectivity index (χ0) is 25.4. The molecule has 1 aromatic carbocycles. The van der Waals surface area contributed by atoms with E-state index in [0.717, 1.165) is 4.90 Å². The number of hydrogen-bond acceptors (Lipinski definition) is 8. The minimum atomic E-state index is -1.68. The van der Waals surface area contributed by atoms with E-state index < -0.39 is 59.2 Å². The summed E-state index contributed by atoms with van der Waals surface area (Å²) in [5.74, 6) is -4.65. The fourth-order valence-electron chi connectivity index (χ4n) is 4.16. The van der Waals surface area contributed by atoms with Gasteiger partial charge in [-0.05, 0) is 24.1 Å². The number of aromatic amines is 4. The van der Waals surface area contributed by atoms with Crippen LogP contribution in [0.4, 0.5) is 11.6 Å². The Balaban J connectivity index is 2.10. The number of nitrogens with zero attached hydrogens (tertiary/aromatic N) is 2. The Labute approximate surface area is 193 Å². The van der Waals surface area contributed by atoms with Crippen LogP contribution in [0.25, 0.3) is 0 Å². The lowest BCUT2D eigenvalue weighted by Crippen LogP contribution is -2.48. The molecule has 0 bridgehead atoms. The Morgan fingerprint density at radius 3 is 1.86 bits per heavy atom. The van der Waals surface area contributed by atoms with Gasteiger partial charge in [-0.25, -0.2) is 14.4 Å². The molecule has 0 amide bonds. The van der Waals surface area contributed by atoms with E-state index in [2.05, 4.69) is 9.97 Å². The number of rotatable bonds is 6. The summed E-state index contributed by atoms with van der Waals surface area (Å²) >= 11 is 0. The number of aromatic nitrogens is 4. The van der Waals surface area contributed by atoms with E-state index in [9.17, 15) is 33.9 Å². The van der Waals surface area contributed by atoms with Crippen molar-refractivity contribution >= 4 is 23.6 Å². The maximum atomic E-state index is 13.0. The van der Waals surface area contributed by atoms with Crippen molar-refractivity contribution in [3.63, 3.8) is 0 Å². The first-order valence-corrected chi connectivity index (χ1v) is 10.1. The second-order valence-electron chi connectivity index (χ2n) is 7.66. The third kappa shape index (κ3) is 4.02. The maximum absolute atomic E-state index is 13.0. The molecule has 14 heteroatoms. The van der Waals surface area contributed by atoms with Gasteiger partial charge in [-0.2, -0.15) is 5.26 Å². The summed E-state index contributed by atoms with van der Waals surface area (Å²) < 4.78 is 0. The van der Waals surface area contributed by atoms with E-state index >= 15 is 0 Å². The van der Waals surface area contributed by atoms with Gasteiger partial charge >= 0.3 is 23.3 Å². The van der Waals surface area contributed by atoms with Gasteiger partial charge in [-0.1, -0.05) is 12.1 Å². The predicted molar refractivity (Wildman–Crippen MR) is 118 cm³/mol. The molecule has 0 saturated heterocycles. The number of nitrogens with one attached hydrogen (secondary N) is 4. The summed E-state index contributed by atoms with van der Waals surface area (Å²) in [4.78, 5) is 83.4. The highest BCUT2D eigenvalue weighted by atomic mass is 16.4. The number of nitriles is 1. The molecule has 14 nitrogen and oxygen atoms in total. The molecule has 3 aromatic rings. The molecule has 0 saturated carbocycles. The van der Waals surface area contributed by atoms with Crippen LogP contribution in [0.5, 0.6) is 0 Å². The number of hydrogen-bond donors (Lipinski definition) is 6. The van der Waals surface area contributed by atoms with Crippen LogP contribution in [0.1, 0.15) is 41.0 Å². The fraction of sp³-hybridized carbons (Fsp3) is 0.190. The monoisotopic (exact) mass is 480 g/mol. The van der Waals surface area contributed by atoms with E-state index in [1.54, 1.807) is 0 Å². The topological polar surface area (TPSA) is 233 Å². The lowest BCUT2D eigenvalue weighted by molar-refractivity contribution is -0.139. The quantitative estimate of drug-likeness (QED) is 0.258. The third-order valence-corrected chi connectivity index (χ3v) is 5.58. The molecule has 2 aromatic heterocycles. The summed E-state index contributed by atoms with van der Waals surface area (Å²) in [5.41, 5.74) is -3.63. The largest absolute Gasteiger partial charge is 0.481 e. The van der Waals surface area contributed by atoms with Crippen LogP contribution in [-0.4, -0.2) is 48.1 Å². The first-order valence-electron chi connectivity index (χ1n) is 10.1. The Morgan fingerprint density at radius 2 is 1.43 bits per heavy atom. The number of fused-ring (bicyclic) bond motifs is 2. The third-order valence-electron chi connectivity index (χ3n) is 5.58. The van der Waals surface area contributed by atoms with E-state index in [4.69, 9.17) is 10.4 Å². The van der Waals surface area contributed by atoms with Crippen molar-refractivity contribution in [2.75, 3.05) is 4.90 Å². The molecule has 1 aliphatic heterocycles. The molecule has 4 rings (SSSR count). The van der Waals surface area contributed by atoms with Crippen molar-refractivity contribution in [1.29, 1.82) is 5.26 Å². The molecular formula is C21H16N6O8. The minimum Gasteiger partial charge on any atom is -0.481 e. The van der Waals surface area contributed by atoms with Gasteiger partial charge in [0.25, 0.3) is 11.1 Å². The van der Waals surface area contributed by atoms with E-state index in [-0.39, 0.29) is 28.3 Å². The number of carboxylic acids is 2. The highest BCUT2D eigenvalue weighted by Crippen LogP contribution is 2.44. The molecular weight excluding hydrogens is 464 g/mol. The highest BCUT2D eigenvalue weighted by Gasteiger charge is 2.42. The molecule has 35 heavy (non-hydrogen) atoms. The average Bonchev–Trinajstić information content (AvgIpc) is 2.78. The highest BCUT2D eigenvalue weighted by molar-refractivity contribution is 5.85. The molecule has 6 N–H and O–H groups in total. The van der Waals surface area contributed by atoms with E-state index in [1.165, 1.54) is 24.3 Å². The number of aliphatic carboxylic acids is 2. The van der Waals surface area contributed by atoms with Crippen molar-refractivity contribution < 1.29 is 19.8 Å². The first kappa shape index (κ1) is 23.0. The van der Waals surface area contributed by atoms with Gasteiger partial charge in [-0.3, -0.25) is 39.2 Å². The van der Waals surface area contributed by atoms with Crippen molar-refractivity contribution in [2.24, 2.45) is 0 Å². The molecule has 0 radical (unpaired) electrons. The Bertz CT molecular complexity index is 1550. The lowest BCUT2D eigenvalue weighted by Gasteiger charge is -2.38. The average molecular weight is 480 g/mol. The smallest absolute Gasteiger partial charge is 0.327 e. The van der Waals surface area contributed by atoms with Gasteiger partial charge in [0.15, 0.2) is 0 Å². The molecule has 1 unspecified atom stereocenters. The van der Waals surface area contributed by atoms with Gasteiger partial charge < -0.3 is 10.2 Å². The molecule has 0 fully saturated rings. The van der Waals surface area contributed by atoms with Crippen molar-refractivity contribution in [3.8, 4) is 6.07 Å². The Hall–Kier alpha value is -5.19. The second kappa shape index (κ2) is 8.63. The van der Waals surface area contributed by atoms with Crippen molar-refractivity contribution in [2.45, 2.75) is 24.8 Å². The molecule has 0 spiro atoms. The minimum absolute atomic E-state index is 0.207. The number of carboxylic acid groups (broad SMARTS) is 2. The first-order chi connectivity index (χ1) is 16.6. The predicted octanol–water partition coefficient (Wildman–Crippen LogP) is -0.739. The molecule has 1 aliphatic rings. The van der Waals surface area contributed by atoms with Gasteiger partial charge in [0, 0.05) is 6.42 Å². The van der Waals surface area contributed by atoms with Crippen molar-refractivity contribution in [3.05, 3.63) is 88.2 Å². The van der Waals surface area contributed by atoms with E-state index in [0.29, 0.717) is 5.56 Å². The Kier molecular flexibility index (Phi) is 5.67. The van der Waals surface area contributed by atoms with Crippen LogP contribution >= 0.6 is 0 Å². The van der Waals surface area contributed by atoms with Gasteiger partial charge in [-0.15, -0.1) is 0 Å². The summed E-state index contributed by atoms with van der Waals surface area (Å²) in [6.07, 6.45) is -1.09. The number of anilines is 2.